The molecular formula is C15H25ClN2S. The van der Waals surface area contributed by atoms with E-state index in [4.69, 9.17) is 11.6 Å². The van der Waals surface area contributed by atoms with Crippen molar-refractivity contribution < 1.29 is 0 Å². The molecule has 1 aliphatic heterocycles. The van der Waals surface area contributed by atoms with Crippen molar-refractivity contribution in [3.05, 3.63) is 16.1 Å². The maximum atomic E-state index is 5.79. The summed E-state index contributed by atoms with van der Waals surface area (Å²) in [6.45, 7) is 8.37. The Morgan fingerprint density at radius 2 is 2.00 bits per heavy atom. The first kappa shape index (κ1) is 15.3. The van der Waals surface area contributed by atoms with Gasteiger partial charge in [0.15, 0.2) is 0 Å². The molecule has 1 fully saturated rings. The summed E-state index contributed by atoms with van der Waals surface area (Å²) in [5.41, 5.74) is 1.65. The Hall–Kier alpha value is -0.120. The number of hydrogen-bond donors (Lipinski definition) is 0. The van der Waals surface area contributed by atoms with E-state index in [9.17, 15) is 0 Å². The summed E-state index contributed by atoms with van der Waals surface area (Å²) >= 11 is 7.54. The fourth-order valence-electron chi connectivity index (χ4n) is 2.99. The predicted molar refractivity (Wildman–Crippen MR) is 84.1 cm³/mol. The maximum absolute atomic E-state index is 5.79. The quantitative estimate of drug-likeness (QED) is 0.727. The third kappa shape index (κ3) is 3.93. The minimum Gasteiger partial charge on any atom is -0.303 e. The van der Waals surface area contributed by atoms with Gasteiger partial charge in [-0.1, -0.05) is 26.7 Å². The molecule has 1 aromatic rings. The highest BCUT2D eigenvalue weighted by atomic mass is 35.5. The Bertz CT molecular complexity index is 377. The zero-order chi connectivity index (χ0) is 13.7. The van der Waals surface area contributed by atoms with Crippen LogP contribution >= 0.6 is 22.9 Å². The SMILES string of the molecule is CCC1(CC)CCN(CCc2nc(CCl)cs2)CC1. The lowest BCUT2D eigenvalue weighted by Gasteiger charge is -2.41. The molecule has 2 heterocycles. The largest absolute Gasteiger partial charge is 0.303 e. The van der Waals surface area contributed by atoms with E-state index in [-0.39, 0.29) is 0 Å². The lowest BCUT2D eigenvalue weighted by molar-refractivity contribution is 0.0963. The van der Waals surface area contributed by atoms with Crippen LogP contribution in [0.1, 0.15) is 50.2 Å². The molecule has 1 aliphatic rings. The van der Waals surface area contributed by atoms with Crippen LogP contribution in [0.3, 0.4) is 0 Å². The van der Waals surface area contributed by atoms with Crippen molar-refractivity contribution in [1.29, 1.82) is 0 Å². The maximum Gasteiger partial charge on any atom is 0.0941 e. The molecule has 0 aromatic carbocycles. The highest BCUT2D eigenvalue weighted by molar-refractivity contribution is 7.09. The van der Waals surface area contributed by atoms with Gasteiger partial charge in [-0.3, -0.25) is 0 Å². The van der Waals surface area contributed by atoms with Crippen LogP contribution in [-0.4, -0.2) is 29.5 Å². The molecule has 0 saturated carbocycles. The number of rotatable bonds is 6. The molecule has 0 aliphatic carbocycles. The number of likely N-dealkylation sites (tertiary alicyclic amines) is 1. The summed E-state index contributed by atoms with van der Waals surface area (Å²) in [4.78, 5) is 7.14. The summed E-state index contributed by atoms with van der Waals surface area (Å²) in [6.07, 6.45) is 6.48. The van der Waals surface area contributed by atoms with Crippen LogP contribution in [0.5, 0.6) is 0 Å². The summed E-state index contributed by atoms with van der Waals surface area (Å²) in [5.74, 6) is 0.537. The van der Waals surface area contributed by atoms with Gasteiger partial charge in [-0.2, -0.15) is 0 Å². The first-order valence-corrected chi connectivity index (χ1v) is 8.84. The summed E-state index contributed by atoms with van der Waals surface area (Å²) in [7, 11) is 0. The number of aromatic nitrogens is 1. The van der Waals surface area contributed by atoms with E-state index in [1.54, 1.807) is 11.3 Å². The molecule has 1 saturated heterocycles. The third-order valence-electron chi connectivity index (χ3n) is 4.79. The van der Waals surface area contributed by atoms with Crippen molar-refractivity contribution in [1.82, 2.24) is 9.88 Å². The van der Waals surface area contributed by atoms with E-state index in [0.717, 1.165) is 18.7 Å². The van der Waals surface area contributed by atoms with Crippen LogP contribution in [0.4, 0.5) is 0 Å². The zero-order valence-corrected chi connectivity index (χ0v) is 13.7. The van der Waals surface area contributed by atoms with E-state index in [1.807, 2.05) is 0 Å². The second kappa shape index (κ2) is 7.05. The molecule has 0 atom stereocenters. The second-order valence-electron chi connectivity index (χ2n) is 5.66. The van der Waals surface area contributed by atoms with E-state index < -0.39 is 0 Å². The molecule has 4 heteroatoms. The Labute approximate surface area is 126 Å². The van der Waals surface area contributed by atoms with E-state index in [0.29, 0.717) is 11.3 Å². The molecular weight excluding hydrogens is 276 g/mol. The monoisotopic (exact) mass is 300 g/mol. The molecule has 0 spiro atoms. The fraction of sp³-hybridized carbons (Fsp3) is 0.800. The van der Waals surface area contributed by atoms with Crippen LogP contribution in [0.15, 0.2) is 5.38 Å². The van der Waals surface area contributed by atoms with Gasteiger partial charge in [-0.05, 0) is 31.3 Å². The molecule has 19 heavy (non-hydrogen) atoms. The van der Waals surface area contributed by atoms with Crippen LogP contribution in [0, 0.1) is 5.41 Å². The number of hydrogen-bond acceptors (Lipinski definition) is 3. The molecule has 0 amide bonds. The van der Waals surface area contributed by atoms with Crippen LogP contribution in [0.2, 0.25) is 0 Å². The zero-order valence-electron chi connectivity index (χ0n) is 12.1. The Balaban J connectivity index is 1.76. The van der Waals surface area contributed by atoms with E-state index in [2.05, 4.69) is 29.1 Å². The van der Waals surface area contributed by atoms with Crippen molar-refractivity contribution in [3.63, 3.8) is 0 Å². The standard InChI is InChI=1S/C15H25ClN2S/c1-3-15(4-2)6-9-18(10-7-15)8-5-14-17-13(11-16)12-19-14/h12H,3-11H2,1-2H3. The summed E-state index contributed by atoms with van der Waals surface area (Å²) in [5, 5.41) is 3.32. The van der Waals surface area contributed by atoms with Gasteiger partial charge in [0, 0.05) is 18.3 Å². The molecule has 2 nitrogen and oxygen atoms in total. The molecule has 1 aromatic heterocycles. The van der Waals surface area contributed by atoms with E-state index in [1.165, 1.54) is 43.8 Å². The Morgan fingerprint density at radius 3 is 2.53 bits per heavy atom. The number of thiazole rings is 1. The average molecular weight is 301 g/mol. The molecule has 0 unspecified atom stereocenters. The second-order valence-corrected chi connectivity index (χ2v) is 6.87. The Morgan fingerprint density at radius 1 is 1.32 bits per heavy atom. The van der Waals surface area contributed by atoms with Crippen molar-refractivity contribution in [2.24, 2.45) is 5.41 Å². The van der Waals surface area contributed by atoms with E-state index >= 15 is 0 Å². The minimum absolute atomic E-state index is 0.537. The van der Waals surface area contributed by atoms with Gasteiger partial charge in [-0.15, -0.1) is 22.9 Å². The van der Waals surface area contributed by atoms with Crippen LogP contribution < -0.4 is 0 Å². The van der Waals surface area contributed by atoms with Gasteiger partial charge in [0.2, 0.25) is 0 Å². The van der Waals surface area contributed by atoms with Gasteiger partial charge in [0.1, 0.15) is 0 Å². The van der Waals surface area contributed by atoms with Gasteiger partial charge >= 0.3 is 0 Å². The Kier molecular flexibility index (Phi) is 5.67. The first-order valence-electron chi connectivity index (χ1n) is 7.43. The molecule has 2 rings (SSSR count). The number of alkyl halides is 1. The van der Waals surface area contributed by atoms with Crippen LogP contribution in [-0.2, 0) is 12.3 Å². The molecule has 0 N–H and O–H groups in total. The molecule has 108 valence electrons. The minimum atomic E-state index is 0.537. The van der Waals surface area contributed by atoms with Crippen LogP contribution in [0.25, 0.3) is 0 Å². The fourth-order valence-corrected chi connectivity index (χ4v) is 4.00. The first-order chi connectivity index (χ1) is 9.21. The normalized spacial score (nSPS) is 19.7. The van der Waals surface area contributed by atoms with Gasteiger partial charge in [-0.25, -0.2) is 4.98 Å². The highest BCUT2D eigenvalue weighted by Gasteiger charge is 2.30. The third-order valence-corrected chi connectivity index (χ3v) is 6.03. The molecule has 0 bridgehead atoms. The van der Waals surface area contributed by atoms with Crippen molar-refractivity contribution >= 4 is 22.9 Å². The van der Waals surface area contributed by atoms with Crippen molar-refractivity contribution in [3.8, 4) is 0 Å². The van der Waals surface area contributed by atoms with Gasteiger partial charge in [0.05, 0.1) is 16.6 Å². The molecule has 0 radical (unpaired) electrons. The van der Waals surface area contributed by atoms with Crippen molar-refractivity contribution in [2.75, 3.05) is 19.6 Å². The van der Waals surface area contributed by atoms with Crippen molar-refractivity contribution in [2.45, 2.75) is 51.8 Å². The lowest BCUT2D eigenvalue weighted by atomic mass is 9.74. The average Bonchev–Trinajstić information content (AvgIpc) is 2.94. The summed E-state index contributed by atoms with van der Waals surface area (Å²) in [6, 6.07) is 0. The number of nitrogens with zero attached hydrogens (tertiary/aromatic N) is 2. The highest BCUT2D eigenvalue weighted by Crippen LogP contribution is 2.37. The smallest absolute Gasteiger partial charge is 0.0941 e. The number of piperidine rings is 1. The summed E-state index contributed by atoms with van der Waals surface area (Å²) < 4.78 is 0. The number of halogens is 1. The topological polar surface area (TPSA) is 16.1 Å². The lowest BCUT2D eigenvalue weighted by Crippen LogP contribution is -2.40. The van der Waals surface area contributed by atoms with Gasteiger partial charge in [0.25, 0.3) is 0 Å². The predicted octanol–water partition coefficient (Wildman–Crippen LogP) is 4.33. The van der Waals surface area contributed by atoms with Gasteiger partial charge < -0.3 is 4.90 Å².